The summed E-state index contributed by atoms with van der Waals surface area (Å²) in [7, 11) is 0. The first-order valence-corrected chi connectivity index (χ1v) is 8.80. The topological polar surface area (TPSA) is 47.4 Å². The van der Waals surface area contributed by atoms with Crippen molar-refractivity contribution in [3.63, 3.8) is 0 Å². The van der Waals surface area contributed by atoms with Crippen molar-refractivity contribution in [1.29, 1.82) is 0 Å². The number of morpholine rings is 1. The molecule has 0 saturated carbocycles. The predicted octanol–water partition coefficient (Wildman–Crippen LogP) is 3.15. The van der Waals surface area contributed by atoms with Gasteiger partial charge in [0.1, 0.15) is 6.10 Å². The first-order chi connectivity index (χ1) is 12.8. The third-order valence-corrected chi connectivity index (χ3v) is 4.62. The molecule has 26 heavy (non-hydrogen) atoms. The second-order valence-electron chi connectivity index (χ2n) is 6.46. The highest BCUT2D eigenvalue weighted by molar-refractivity contribution is 5.94. The lowest BCUT2D eigenvalue weighted by atomic mass is 10.1. The summed E-state index contributed by atoms with van der Waals surface area (Å²) in [5, 5.41) is 0. The minimum Gasteiger partial charge on any atom is -0.370 e. The molecule has 0 aliphatic carbocycles. The highest BCUT2D eigenvalue weighted by atomic mass is 16.5. The Morgan fingerprint density at radius 2 is 2.04 bits per heavy atom. The predicted molar refractivity (Wildman–Crippen MR) is 98.8 cm³/mol. The standard InChI is InChI=1S/C21H21N3O2/c25-21(19-8-4-5-17(13-19)14-23-10-9-22-16-23)24-11-12-26-20(15-24)18-6-2-1-3-7-18/h1-10,13,16,20H,11-12,14-15H2/t20-/m1/s1. The number of benzene rings is 2. The van der Waals surface area contributed by atoms with Crippen LogP contribution in [0.15, 0.2) is 73.3 Å². The number of amides is 1. The third-order valence-electron chi connectivity index (χ3n) is 4.62. The summed E-state index contributed by atoms with van der Waals surface area (Å²) < 4.78 is 7.86. The molecule has 0 radical (unpaired) electrons. The monoisotopic (exact) mass is 347 g/mol. The molecule has 1 aliphatic heterocycles. The van der Waals surface area contributed by atoms with Gasteiger partial charge in [-0.05, 0) is 23.3 Å². The molecule has 1 aromatic heterocycles. The number of rotatable bonds is 4. The second-order valence-corrected chi connectivity index (χ2v) is 6.46. The van der Waals surface area contributed by atoms with Crippen LogP contribution in [0, 0.1) is 0 Å². The van der Waals surface area contributed by atoms with Gasteiger partial charge in [0.2, 0.25) is 0 Å². The number of imidazole rings is 1. The number of ether oxygens (including phenoxy) is 1. The summed E-state index contributed by atoms with van der Waals surface area (Å²) in [5.74, 6) is 0.0571. The van der Waals surface area contributed by atoms with Crippen molar-refractivity contribution in [3.05, 3.63) is 90.0 Å². The van der Waals surface area contributed by atoms with E-state index < -0.39 is 0 Å². The van der Waals surface area contributed by atoms with Crippen LogP contribution < -0.4 is 0 Å². The second kappa shape index (κ2) is 7.54. The van der Waals surface area contributed by atoms with Crippen molar-refractivity contribution < 1.29 is 9.53 Å². The van der Waals surface area contributed by atoms with Crippen LogP contribution in [-0.4, -0.2) is 40.1 Å². The fourth-order valence-corrected chi connectivity index (χ4v) is 3.28. The van der Waals surface area contributed by atoms with E-state index in [1.807, 2.05) is 70.3 Å². The van der Waals surface area contributed by atoms with E-state index in [0.29, 0.717) is 26.2 Å². The lowest BCUT2D eigenvalue weighted by molar-refractivity contribution is -0.0228. The molecule has 2 aromatic carbocycles. The van der Waals surface area contributed by atoms with Crippen LogP contribution in [0.2, 0.25) is 0 Å². The average Bonchev–Trinajstić information content (AvgIpc) is 3.21. The quantitative estimate of drug-likeness (QED) is 0.728. The van der Waals surface area contributed by atoms with E-state index in [2.05, 4.69) is 4.98 Å². The minimum absolute atomic E-state index is 0.0571. The maximum absolute atomic E-state index is 13.0. The fourth-order valence-electron chi connectivity index (χ4n) is 3.28. The number of hydrogen-bond donors (Lipinski definition) is 0. The zero-order valence-electron chi connectivity index (χ0n) is 14.5. The Bertz CT molecular complexity index is 862. The number of nitrogens with zero attached hydrogens (tertiary/aromatic N) is 3. The van der Waals surface area contributed by atoms with Crippen LogP contribution >= 0.6 is 0 Å². The maximum Gasteiger partial charge on any atom is 0.254 e. The van der Waals surface area contributed by atoms with Crippen molar-refractivity contribution in [3.8, 4) is 0 Å². The first kappa shape index (κ1) is 16.5. The largest absolute Gasteiger partial charge is 0.370 e. The molecule has 1 aliphatic rings. The smallest absolute Gasteiger partial charge is 0.254 e. The highest BCUT2D eigenvalue weighted by Gasteiger charge is 2.26. The molecule has 2 heterocycles. The van der Waals surface area contributed by atoms with Gasteiger partial charge in [0, 0.05) is 31.0 Å². The van der Waals surface area contributed by atoms with Crippen molar-refractivity contribution >= 4 is 5.91 Å². The van der Waals surface area contributed by atoms with Crippen molar-refractivity contribution in [2.75, 3.05) is 19.7 Å². The molecule has 0 N–H and O–H groups in total. The Kier molecular flexibility index (Phi) is 4.80. The number of carbonyl (C=O) groups is 1. The molecule has 0 unspecified atom stereocenters. The lowest BCUT2D eigenvalue weighted by Crippen LogP contribution is -2.42. The summed E-state index contributed by atoms with van der Waals surface area (Å²) in [6.45, 7) is 2.46. The average molecular weight is 347 g/mol. The zero-order chi connectivity index (χ0) is 17.8. The lowest BCUT2D eigenvalue weighted by Gasteiger charge is -2.33. The summed E-state index contributed by atoms with van der Waals surface area (Å²) in [5.41, 5.74) is 2.91. The summed E-state index contributed by atoms with van der Waals surface area (Å²) >= 11 is 0. The van der Waals surface area contributed by atoms with Crippen LogP contribution in [-0.2, 0) is 11.3 Å². The van der Waals surface area contributed by atoms with Gasteiger partial charge in [-0.2, -0.15) is 0 Å². The van der Waals surface area contributed by atoms with Gasteiger partial charge in [-0.1, -0.05) is 42.5 Å². The summed E-state index contributed by atoms with van der Waals surface area (Å²) in [4.78, 5) is 18.9. The number of aromatic nitrogens is 2. The van der Waals surface area contributed by atoms with E-state index >= 15 is 0 Å². The van der Waals surface area contributed by atoms with Gasteiger partial charge in [0.05, 0.1) is 19.5 Å². The SMILES string of the molecule is O=C(c1cccc(Cn2ccnc2)c1)N1CCO[C@@H](c2ccccc2)C1. The first-order valence-electron chi connectivity index (χ1n) is 8.80. The Labute approximate surface area is 152 Å². The third kappa shape index (κ3) is 3.68. The highest BCUT2D eigenvalue weighted by Crippen LogP contribution is 2.23. The molecule has 1 saturated heterocycles. The molecule has 5 heteroatoms. The Morgan fingerprint density at radius 3 is 2.85 bits per heavy atom. The summed E-state index contributed by atoms with van der Waals surface area (Å²) in [6.07, 6.45) is 5.39. The van der Waals surface area contributed by atoms with Gasteiger partial charge in [-0.15, -0.1) is 0 Å². The van der Waals surface area contributed by atoms with Gasteiger partial charge in [0.15, 0.2) is 0 Å². The van der Waals surface area contributed by atoms with Crippen molar-refractivity contribution in [1.82, 2.24) is 14.5 Å². The molecule has 1 amide bonds. The molecule has 0 spiro atoms. The van der Waals surface area contributed by atoms with E-state index in [1.165, 1.54) is 0 Å². The molecule has 0 bridgehead atoms. The van der Waals surface area contributed by atoms with Gasteiger partial charge < -0.3 is 14.2 Å². The van der Waals surface area contributed by atoms with Gasteiger partial charge in [0.25, 0.3) is 5.91 Å². The van der Waals surface area contributed by atoms with Crippen molar-refractivity contribution in [2.24, 2.45) is 0 Å². The Balaban J connectivity index is 1.48. The normalized spacial score (nSPS) is 17.2. The van der Waals surface area contributed by atoms with Crippen LogP contribution in [0.1, 0.15) is 27.6 Å². The van der Waals surface area contributed by atoms with Crippen LogP contribution in [0.25, 0.3) is 0 Å². The number of hydrogen-bond acceptors (Lipinski definition) is 3. The van der Waals surface area contributed by atoms with Gasteiger partial charge in [-0.3, -0.25) is 4.79 Å². The molecule has 1 fully saturated rings. The van der Waals surface area contributed by atoms with E-state index in [-0.39, 0.29) is 12.0 Å². The fraction of sp³-hybridized carbons (Fsp3) is 0.238. The molecule has 5 nitrogen and oxygen atoms in total. The van der Waals surface area contributed by atoms with E-state index in [9.17, 15) is 4.79 Å². The number of carbonyl (C=O) groups excluding carboxylic acids is 1. The molecule has 132 valence electrons. The van der Waals surface area contributed by atoms with Crippen molar-refractivity contribution in [2.45, 2.75) is 12.6 Å². The van der Waals surface area contributed by atoms with Crippen LogP contribution in [0.3, 0.4) is 0 Å². The Morgan fingerprint density at radius 1 is 1.15 bits per heavy atom. The van der Waals surface area contributed by atoms with Gasteiger partial charge >= 0.3 is 0 Å². The molecule has 4 rings (SSSR count). The van der Waals surface area contributed by atoms with E-state index in [1.54, 1.807) is 12.5 Å². The van der Waals surface area contributed by atoms with Crippen LogP contribution in [0.4, 0.5) is 0 Å². The van der Waals surface area contributed by atoms with Crippen LogP contribution in [0.5, 0.6) is 0 Å². The summed E-state index contributed by atoms with van der Waals surface area (Å²) in [6, 6.07) is 17.9. The molecular weight excluding hydrogens is 326 g/mol. The van der Waals surface area contributed by atoms with E-state index in [4.69, 9.17) is 4.74 Å². The zero-order valence-corrected chi connectivity index (χ0v) is 14.5. The molecule has 1 atom stereocenters. The molecular formula is C21H21N3O2. The maximum atomic E-state index is 13.0. The van der Waals surface area contributed by atoms with Gasteiger partial charge in [-0.25, -0.2) is 4.98 Å². The minimum atomic E-state index is -0.0666. The van der Waals surface area contributed by atoms with E-state index in [0.717, 1.165) is 16.7 Å². The Hall–Kier alpha value is -2.92. The molecule has 3 aromatic rings.